The van der Waals surface area contributed by atoms with E-state index in [0.717, 1.165) is 12.7 Å². The van der Waals surface area contributed by atoms with Gasteiger partial charge in [0.15, 0.2) is 24.3 Å². The summed E-state index contributed by atoms with van der Waals surface area (Å²) in [7, 11) is 1.37. The minimum Gasteiger partial charge on any atom is -0.467 e. The number of hydrogen-bond donors (Lipinski definition) is 0. The maximum atomic E-state index is 12.0. The molecule has 2 aromatic rings. The molecule has 2 saturated heterocycles. The van der Waals surface area contributed by atoms with Gasteiger partial charge >= 0.3 is 11.9 Å². The van der Waals surface area contributed by atoms with E-state index in [4.69, 9.17) is 28.4 Å². The molecule has 0 aromatic heterocycles. The highest BCUT2D eigenvalue weighted by Crippen LogP contribution is 2.43. The maximum absolute atomic E-state index is 12.0. The molecule has 2 aliphatic heterocycles. The summed E-state index contributed by atoms with van der Waals surface area (Å²) in [5, 5.41) is 0. The predicted molar refractivity (Wildman–Crippen MR) is 148 cm³/mol. The molecule has 196 valence electrons. The van der Waals surface area contributed by atoms with Crippen LogP contribution in [-0.4, -0.2) is 49.9 Å². The predicted octanol–water partition coefficient (Wildman–Crippen LogP) is 5.40. The van der Waals surface area contributed by atoms with Crippen molar-refractivity contribution in [1.82, 2.24) is 0 Å². The summed E-state index contributed by atoms with van der Waals surface area (Å²) >= 11 is 4.36. The van der Waals surface area contributed by atoms with Crippen LogP contribution < -0.4 is 4.74 Å². The lowest BCUT2D eigenvalue weighted by atomic mass is 10.0. The Hall–Kier alpha value is -1.32. The van der Waals surface area contributed by atoms with E-state index >= 15 is 0 Å². The SMILES string of the molecule is CC1OCC(C(=O)Oc2ccccc2I)O1.CCC1(CC)O[C@H](C(=O)OC)[C@@H](c2ccccc2I)O1. The molecular weight excluding hydrogens is 694 g/mol. The van der Waals surface area contributed by atoms with E-state index in [1.54, 1.807) is 13.0 Å². The van der Waals surface area contributed by atoms with Gasteiger partial charge in [0.1, 0.15) is 11.9 Å². The first-order valence-electron chi connectivity index (χ1n) is 11.6. The average Bonchev–Trinajstić information content (AvgIpc) is 3.50. The molecule has 8 nitrogen and oxygen atoms in total. The maximum Gasteiger partial charge on any atom is 0.343 e. The second-order valence-electron chi connectivity index (χ2n) is 8.12. The normalized spacial score (nSPS) is 24.5. The molecule has 0 radical (unpaired) electrons. The Morgan fingerprint density at radius 2 is 1.61 bits per heavy atom. The summed E-state index contributed by atoms with van der Waals surface area (Å²) < 4.78 is 34.4. The molecule has 4 atom stereocenters. The van der Waals surface area contributed by atoms with Crippen LogP contribution in [0, 0.1) is 7.14 Å². The van der Waals surface area contributed by atoms with Gasteiger partial charge in [0.25, 0.3) is 0 Å². The van der Waals surface area contributed by atoms with Crippen LogP contribution in [0.15, 0.2) is 48.5 Å². The molecule has 36 heavy (non-hydrogen) atoms. The van der Waals surface area contributed by atoms with Crippen molar-refractivity contribution in [3.63, 3.8) is 0 Å². The van der Waals surface area contributed by atoms with Crippen molar-refractivity contribution in [1.29, 1.82) is 0 Å². The van der Waals surface area contributed by atoms with Crippen molar-refractivity contribution in [2.75, 3.05) is 13.7 Å². The van der Waals surface area contributed by atoms with E-state index in [-0.39, 0.29) is 12.9 Å². The number of ether oxygens (including phenoxy) is 6. The Bertz CT molecular complexity index is 1040. The third kappa shape index (κ3) is 7.16. The summed E-state index contributed by atoms with van der Waals surface area (Å²) in [4.78, 5) is 23.7. The Morgan fingerprint density at radius 1 is 0.972 bits per heavy atom. The molecule has 0 N–H and O–H groups in total. The van der Waals surface area contributed by atoms with Gasteiger partial charge in [-0.3, -0.25) is 0 Å². The molecule has 0 aliphatic carbocycles. The van der Waals surface area contributed by atoms with E-state index in [0.29, 0.717) is 18.6 Å². The Balaban J connectivity index is 0.000000205. The lowest BCUT2D eigenvalue weighted by Crippen LogP contribution is -2.32. The van der Waals surface area contributed by atoms with Crippen molar-refractivity contribution >= 4 is 57.1 Å². The van der Waals surface area contributed by atoms with Crippen LogP contribution >= 0.6 is 45.2 Å². The highest BCUT2D eigenvalue weighted by molar-refractivity contribution is 14.1. The number of carbonyl (C=O) groups excluding carboxylic acids is 2. The van der Waals surface area contributed by atoms with E-state index < -0.39 is 36.0 Å². The van der Waals surface area contributed by atoms with Gasteiger partial charge in [-0.15, -0.1) is 0 Å². The lowest BCUT2D eigenvalue weighted by molar-refractivity contribution is -0.187. The van der Waals surface area contributed by atoms with Crippen LogP contribution in [0.3, 0.4) is 0 Å². The summed E-state index contributed by atoms with van der Waals surface area (Å²) in [6.45, 7) is 6.00. The van der Waals surface area contributed by atoms with E-state index in [1.165, 1.54) is 7.11 Å². The summed E-state index contributed by atoms with van der Waals surface area (Å²) in [5.74, 6) is -0.953. The van der Waals surface area contributed by atoms with Crippen LogP contribution in [0.4, 0.5) is 0 Å². The van der Waals surface area contributed by atoms with Gasteiger partial charge in [0, 0.05) is 3.57 Å². The molecule has 2 fully saturated rings. The fraction of sp³-hybridized carbons (Fsp3) is 0.462. The van der Waals surface area contributed by atoms with Gasteiger partial charge in [-0.1, -0.05) is 44.2 Å². The van der Waals surface area contributed by atoms with Crippen LogP contribution in [0.2, 0.25) is 0 Å². The zero-order valence-electron chi connectivity index (χ0n) is 20.6. The summed E-state index contributed by atoms with van der Waals surface area (Å²) in [5.41, 5.74) is 0.965. The fourth-order valence-electron chi connectivity index (χ4n) is 3.78. The fourth-order valence-corrected chi connectivity index (χ4v) is 4.97. The topological polar surface area (TPSA) is 89.5 Å². The van der Waals surface area contributed by atoms with Crippen molar-refractivity contribution in [3.8, 4) is 5.75 Å². The molecule has 2 aliphatic rings. The second-order valence-corrected chi connectivity index (χ2v) is 10.4. The Kier molecular flexibility index (Phi) is 10.9. The first-order valence-corrected chi connectivity index (χ1v) is 13.8. The molecular formula is C26H30I2O8. The van der Waals surface area contributed by atoms with Crippen molar-refractivity contribution < 1.29 is 38.0 Å². The highest BCUT2D eigenvalue weighted by Gasteiger charge is 2.50. The molecule has 0 amide bonds. The van der Waals surface area contributed by atoms with E-state index in [9.17, 15) is 9.59 Å². The number of esters is 2. The number of methoxy groups -OCH3 is 1. The van der Waals surface area contributed by atoms with Gasteiger partial charge in [-0.05, 0) is 88.7 Å². The minimum absolute atomic E-state index is 0.253. The Morgan fingerprint density at radius 3 is 2.17 bits per heavy atom. The zero-order chi connectivity index (χ0) is 26.3. The summed E-state index contributed by atoms with van der Waals surface area (Å²) in [6.07, 6.45) is -0.710. The Labute approximate surface area is 238 Å². The number of benzene rings is 2. The van der Waals surface area contributed by atoms with E-state index in [1.807, 2.05) is 56.3 Å². The molecule has 0 saturated carbocycles. The molecule has 2 unspecified atom stereocenters. The van der Waals surface area contributed by atoms with Crippen LogP contribution in [0.25, 0.3) is 0 Å². The molecule has 2 aromatic carbocycles. The van der Waals surface area contributed by atoms with Crippen molar-refractivity contribution in [2.24, 2.45) is 0 Å². The van der Waals surface area contributed by atoms with Gasteiger partial charge in [0.05, 0.1) is 17.3 Å². The minimum atomic E-state index is -0.712. The second kappa shape index (κ2) is 13.5. The lowest BCUT2D eigenvalue weighted by Gasteiger charge is -2.25. The molecule has 0 spiro atoms. The summed E-state index contributed by atoms with van der Waals surface area (Å²) in [6, 6.07) is 15.2. The van der Waals surface area contributed by atoms with Crippen molar-refractivity contribution in [3.05, 3.63) is 61.2 Å². The molecule has 2 heterocycles. The number of para-hydroxylation sites is 1. The number of rotatable bonds is 6. The third-order valence-corrected chi connectivity index (χ3v) is 7.70. The van der Waals surface area contributed by atoms with Crippen LogP contribution in [0.1, 0.15) is 45.3 Å². The first-order chi connectivity index (χ1) is 17.2. The van der Waals surface area contributed by atoms with Gasteiger partial charge in [-0.2, -0.15) is 0 Å². The standard InChI is InChI=1S/C15H19IO4.C11H11IO4/c1-4-15(5-2)19-12(13(20-15)14(17)18-3)10-8-6-7-9-11(10)16;1-7-14-6-10(15-7)11(13)16-9-5-3-2-4-8(9)12/h6-9,12-13H,4-5H2,1-3H3;2-5,7,10H,6H2,1H3/t12-,13+;/m1./s1. The van der Waals surface area contributed by atoms with Gasteiger partial charge in [0.2, 0.25) is 0 Å². The quantitative estimate of drug-likeness (QED) is 0.223. The van der Waals surface area contributed by atoms with Crippen LogP contribution in [-0.2, 0) is 33.3 Å². The van der Waals surface area contributed by atoms with Gasteiger partial charge < -0.3 is 28.4 Å². The number of carbonyl (C=O) groups is 2. The van der Waals surface area contributed by atoms with Crippen molar-refractivity contribution in [2.45, 2.75) is 64.0 Å². The highest BCUT2D eigenvalue weighted by atomic mass is 127. The zero-order valence-corrected chi connectivity index (χ0v) is 24.9. The smallest absolute Gasteiger partial charge is 0.343 e. The first kappa shape index (κ1) is 29.2. The molecule has 4 rings (SSSR count). The van der Waals surface area contributed by atoms with Crippen LogP contribution in [0.5, 0.6) is 5.75 Å². The third-order valence-electron chi connectivity index (χ3n) is 5.83. The molecule has 10 heteroatoms. The monoisotopic (exact) mass is 724 g/mol. The van der Waals surface area contributed by atoms with Gasteiger partial charge in [-0.25, -0.2) is 9.59 Å². The average molecular weight is 724 g/mol. The number of halogens is 2. The molecule has 0 bridgehead atoms. The number of hydrogen-bond acceptors (Lipinski definition) is 8. The largest absolute Gasteiger partial charge is 0.467 e. The van der Waals surface area contributed by atoms with E-state index in [2.05, 4.69) is 45.2 Å².